The molecule has 0 saturated carbocycles. The van der Waals surface area contributed by atoms with E-state index in [2.05, 4.69) is 11.0 Å². The molecule has 0 aromatic heterocycles. The molecule has 0 N–H and O–H groups in total. The first-order valence-electron chi connectivity index (χ1n) is 10.1. The van der Waals surface area contributed by atoms with Gasteiger partial charge < -0.3 is 4.90 Å². The first kappa shape index (κ1) is 20.1. The second-order valence-corrected chi connectivity index (χ2v) is 9.81. The van der Waals surface area contributed by atoms with Gasteiger partial charge in [0.05, 0.1) is 6.26 Å². The van der Waals surface area contributed by atoms with E-state index in [9.17, 15) is 13.2 Å². The molecule has 1 saturated heterocycles. The molecule has 0 atom stereocenters. The Balaban J connectivity index is 1.39. The molecular weight excluding hydrogens is 386 g/mol. The number of anilines is 1. The van der Waals surface area contributed by atoms with Gasteiger partial charge in [-0.3, -0.25) is 9.69 Å². The van der Waals surface area contributed by atoms with Crippen LogP contribution in [0, 0.1) is 0 Å². The van der Waals surface area contributed by atoms with Crippen molar-refractivity contribution in [3.05, 3.63) is 65.2 Å². The van der Waals surface area contributed by atoms with Crippen molar-refractivity contribution in [2.45, 2.75) is 19.4 Å². The summed E-state index contributed by atoms with van der Waals surface area (Å²) < 4.78 is 24.8. The second-order valence-electron chi connectivity index (χ2n) is 7.82. The Morgan fingerprint density at radius 1 is 0.931 bits per heavy atom. The summed E-state index contributed by atoms with van der Waals surface area (Å²) in [5.74, 6) is 0.0467. The first-order chi connectivity index (χ1) is 13.9. The molecule has 7 heteroatoms. The number of piperazine rings is 1. The van der Waals surface area contributed by atoms with Crippen molar-refractivity contribution >= 4 is 21.6 Å². The Morgan fingerprint density at radius 2 is 1.62 bits per heavy atom. The number of hydrogen-bond donors (Lipinski definition) is 0. The molecule has 2 heterocycles. The second kappa shape index (κ2) is 8.26. The number of carbonyl (C=O) groups excluding carboxylic acids is 1. The van der Waals surface area contributed by atoms with E-state index in [4.69, 9.17) is 0 Å². The molecule has 0 radical (unpaired) electrons. The maximum absolute atomic E-state index is 13.0. The van der Waals surface area contributed by atoms with E-state index in [0.717, 1.165) is 50.3 Å². The number of rotatable bonds is 4. The summed E-state index contributed by atoms with van der Waals surface area (Å²) in [5.41, 5.74) is 4.09. The number of carbonyl (C=O) groups is 1. The lowest BCUT2D eigenvalue weighted by Gasteiger charge is -2.33. The van der Waals surface area contributed by atoms with Crippen LogP contribution in [-0.2, 0) is 23.0 Å². The zero-order valence-electron chi connectivity index (χ0n) is 16.8. The van der Waals surface area contributed by atoms with Gasteiger partial charge in [-0.1, -0.05) is 30.3 Å². The van der Waals surface area contributed by atoms with Crippen molar-refractivity contribution in [3.63, 3.8) is 0 Å². The molecule has 4 rings (SSSR count). The Hall–Kier alpha value is -2.22. The van der Waals surface area contributed by atoms with Crippen molar-refractivity contribution in [1.82, 2.24) is 9.21 Å². The molecule has 2 aliphatic heterocycles. The summed E-state index contributed by atoms with van der Waals surface area (Å²) >= 11 is 0. The van der Waals surface area contributed by atoms with Crippen LogP contribution in [-0.4, -0.2) is 62.5 Å². The Kier molecular flexibility index (Phi) is 5.72. The van der Waals surface area contributed by atoms with E-state index >= 15 is 0 Å². The van der Waals surface area contributed by atoms with Crippen molar-refractivity contribution in [2.24, 2.45) is 0 Å². The quantitative estimate of drug-likeness (QED) is 0.772. The van der Waals surface area contributed by atoms with Gasteiger partial charge in [0.15, 0.2) is 0 Å². The van der Waals surface area contributed by atoms with Crippen LogP contribution in [0.25, 0.3) is 0 Å². The predicted octanol–water partition coefficient (Wildman–Crippen LogP) is 2.36. The lowest BCUT2D eigenvalue weighted by atomic mass is 10.0. The maximum Gasteiger partial charge on any atom is 0.258 e. The summed E-state index contributed by atoms with van der Waals surface area (Å²) in [6, 6.07) is 16.0. The molecule has 0 spiro atoms. The van der Waals surface area contributed by atoms with Gasteiger partial charge in [0.1, 0.15) is 0 Å². The summed E-state index contributed by atoms with van der Waals surface area (Å²) in [6.07, 6.45) is 3.27. The highest BCUT2D eigenvalue weighted by Gasteiger charge is 2.24. The van der Waals surface area contributed by atoms with E-state index in [1.165, 1.54) is 16.1 Å². The highest BCUT2D eigenvalue weighted by Crippen LogP contribution is 2.28. The predicted molar refractivity (Wildman–Crippen MR) is 115 cm³/mol. The minimum atomic E-state index is -3.10. The summed E-state index contributed by atoms with van der Waals surface area (Å²) in [4.78, 5) is 17.2. The van der Waals surface area contributed by atoms with Crippen LogP contribution >= 0.6 is 0 Å². The third kappa shape index (κ3) is 4.52. The third-order valence-electron chi connectivity index (χ3n) is 5.76. The highest BCUT2D eigenvalue weighted by atomic mass is 32.2. The zero-order chi connectivity index (χ0) is 20.4. The Labute approximate surface area is 172 Å². The van der Waals surface area contributed by atoms with Gasteiger partial charge in [-0.2, -0.15) is 4.31 Å². The molecule has 1 amide bonds. The van der Waals surface area contributed by atoms with Crippen molar-refractivity contribution in [2.75, 3.05) is 43.9 Å². The van der Waals surface area contributed by atoms with Gasteiger partial charge in [0.25, 0.3) is 5.91 Å². The number of nitrogens with zero attached hydrogens (tertiary/aromatic N) is 3. The number of benzene rings is 2. The van der Waals surface area contributed by atoms with E-state index < -0.39 is 10.0 Å². The van der Waals surface area contributed by atoms with Crippen LogP contribution in [0.5, 0.6) is 0 Å². The fourth-order valence-corrected chi connectivity index (χ4v) is 4.96. The zero-order valence-corrected chi connectivity index (χ0v) is 17.6. The molecule has 0 unspecified atom stereocenters. The molecule has 1 fully saturated rings. The molecule has 2 aromatic rings. The van der Waals surface area contributed by atoms with Crippen LogP contribution in [0.2, 0.25) is 0 Å². The fourth-order valence-electron chi connectivity index (χ4n) is 4.13. The highest BCUT2D eigenvalue weighted by molar-refractivity contribution is 7.88. The van der Waals surface area contributed by atoms with Gasteiger partial charge in [0.2, 0.25) is 10.0 Å². The normalized spacial score (nSPS) is 18.4. The van der Waals surface area contributed by atoms with Gasteiger partial charge in [-0.25, -0.2) is 8.42 Å². The molecule has 0 aliphatic carbocycles. The molecule has 0 bridgehead atoms. The van der Waals surface area contributed by atoms with E-state index in [0.29, 0.717) is 18.7 Å². The summed E-state index contributed by atoms with van der Waals surface area (Å²) in [5, 5.41) is 0. The Bertz CT molecular complexity index is 981. The summed E-state index contributed by atoms with van der Waals surface area (Å²) in [7, 11) is -3.10. The van der Waals surface area contributed by atoms with Gasteiger partial charge in [-0.15, -0.1) is 0 Å². The number of para-hydroxylation sites is 1. The number of aryl methyl sites for hydroxylation is 1. The van der Waals surface area contributed by atoms with Crippen molar-refractivity contribution in [3.8, 4) is 0 Å². The Morgan fingerprint density at radius 3 is 2.31 bits per heavy atom. The molecule has 6 nitrogen and oxygen atoms in total. The fraction of sp³-hybridized carbons (Fsp3) is 0.409. The minimum Gasteiger partial charge on any atom is -0.308 e. The lowest BCUT2D eigenvalue weighted by molar-refractivity contribution is 0.0985. The molecular formula is C22H27N3O3S. The van der Waals surface area contributed by atoms with Crippen LogP contribution in [0.4, 0.5) is 5.69 Å². The largest absolute Gasteiger partial charge is 0.308 e. The minimum absolute atomic E-state index is 0.0467. The van der Waals surface area contributed by atoms with Crippen LogP contribution in [0.3, 0.4) is 0 Å². The molecule has 2 aliphatic rings. The first-order valence-corrected chi connectivity index (χ1v) is 11.9. The number of amides is 1. The van der Waals surface area contributed by atoms with Crippen molar-refractivity contribution < 1.29 is 13.2 Å². The number of hydrogen-bond acceptors (Lipinski definition) is 4. The smallest absolute Gasteiger partial charge is 0.258 e. The van der Waals surface area contributed by atoms with Crippen LogP contribution < -0.4 is 4.90 Å². The standard InChI is InChI=1S/C22H27N3O3S/c1-29(27,28)24-15-13-23(14-16-24)17-18-8-10-20(11-9-18)22(26)25-12-4-6-19-5-2-3-7-21(19)25/h2-3,5,7-11H,4,6,12-17H2,1H3. The number of sulfonamides is 1. The average molecular weight is 414 g/mol. The van der Waals surface area contributed by atoms with Gasteiger partial charge in [0, 0.05) is 50.5 Å². The lowest BCUT2D eigenvalue weighted by Crippen LogP contribution is -2.47. The number of fused-ring (bicyclic) bond motifs is 1. The monoisotopic (exact) mass is 413 g/mol. The van der Waals surface area contributed by atoms with Crippen LogP contribution in [0.1, 0.15) is 27.9 Å². The van der Waals surface area contributed by atoms with Crippen molar-refractivity contribution in [1.29, 1.82) is 0 Å². The third-order valence-corrected chi connectivity index (χ3v) is 7.07. The average Bonchev–Trinajstić information content (AvgIpc) is 2.73. The SMILES string of the molecule is CS(=O)(=O)N1CCN(Cc2ccc(C(=O)N3CCCc4ccccc43)cc2)CC1. The van der Waals surface area contributed by atoms with E-state index in [1.807, 2.05) is 47.4 Å². The van der Waals surface area contributed by atoms with E-state index in [1.54, 1.807) is 0 Å². The van der Waals surface area contributed by atoms with E-state index in [-0.39, 0.29) is 5.91 Å². The summed E-state index contributed by atoms with van der Waals surface area (Å²) in [6.45, 7) is 4.02. The topological polar surface area (TPSA) is 60.9 Å². The molecule has 2 aromatic carbocycles. The molecule has 154 valence electrons. The van der Waals surface area contributed by atoms with Gasteiger partial charge >= 0.3 is 0 Å². The van der Waals surface area contributed by atoms with Gasteiger partial charge in [-0.05, 0) is 42.2 Å². The molecule has 29 heavy (non-hydrogen) atoms. The van der Waals surface area contributed by atoms with Crippen LogP contribution in [0.15, 0.2) is 48.5 Å². The maximum atomic E-state index is 13.0.